The van der Waals surface area contributed by atoms with Crippen LogP contribution in [0.3, 0.4) is 0 Å². The predicted octanol–water partition coefficient (Wildman–Crippen LogP) is 1.37. The van der Waals surface area contributed by atoms with Gasteiger partial charge < -0.3 is 26.4 Å². The fourth-order valence-corrected chi connectivity index (χ4v) is 2.35. The van der Waals surface area contributed by atoms with Crippen LogP contribution in [0.2, 0.25) is 0 Å². The first kappa shape index (κ1) is 25.6. The highest BCUT2D eigenvalue weighted by Gasteiger charge is 2.18. The maximum atomic E-state index is 12.1. The Morgan fingerprint density at radius 2 is 1.68 bits per heavy atom. The van der Waals surface area contributed by atoms with Gasteiger partial charge in [-0.15, -0.1) is 12.4 Å². The minimum Gasteiger partial charge on any atom is -0.461 e. The summed E-state index contributed by atoms with van der Waals surface area (Å²) in [5.74, 6) is -1.53. The number of esters is 1. The van der Waals surface area contributed by atoms with Crippen molar-refractivity contribution in [2.24, 2.45) is 16.6 Å². The van der Waals surface area contributed by atoms with Crippen LogP contribution in [-0.4, -0.2) is 29.7 Å². The average Bonchev–Trinajstić information content (AvgIpc) is 2.75. The van der Waals surface area contributed by atoms with Crippen LogP contribution in [0.15, 0.2) is 59.8 Å². The fraction of sp³-hybridized carbons (Fsp3) is 0.238. The zero-order valence-electron chi connectivity index (χ0n) is 16.9. The summed E-state index contributed by atoms with van der Waals surface area (Å²) in [7, 11) is 0. The van der Waals surface area contributed by atoms with E-state index in [1.165, 1.54) is 6.92 Å². The summed E-state index contributed by atoms with van der Waals surface area (Å²) in [5.41, 5.74) is 13.7. The van der Waals surface area contributed by atoms with Gasteiger partial charge in [-0.25, -0.2) is 4.79 Å². The van der Waals surface area contributed by atoms with Crippen molar-refractivity contribution in [1.82, 2.24) is 5.32 Å². The molecule has 0 aliphatic carbocycles. The van der Waals surface area contributed by atoms with Crippen molar-refractivity contribution in [3.63, 3.8) is 0 Å². The van der Waals surface area contributed by atoms with Gasteiger partial charge >= 0.3 is 11.9 Å². The third-order valence-corrected chi connectivity index (χ3v) is 3.95. The number of halogens is 1. The molecule has 9 nitrogen and oxygen atoms in total. The summed E-state index contributed by atoms with van der Waals surface area (Å²) < 4.78 is 5.13. The highest BCUT2D eigenvalue weighted by atomic mass is 35.5. The molecular formula is C21H25ClN4O5. The summed E-state index contributed by atoms with van der Waals surface area (Å²) >= 11 is 0. The Hall–Kier alpha value is -3.43. The number of oxime groups is 1. The van der Waals surface area contributed by atoms with E-state index in [1.807, 2.05) is 30.3 Å². The van der Waals surface area contributed by atoms with E-state index in [-0.39, 0.29) is 37.8 Å². The molecule has 2 aromatic carbocycles. The van der Waals surface area contributed by atoms with Crippen molar-refractivity contribution in [3.05, 3.63) is 71.3 Å². The number of nitrogens with one attached hydrogen (secondary N) is 1. The first-order valence-electron chi connectivity index (χ1n) is 9.18. The molecule has 0 spiro atoms. The normalized spacial score (nSPS) is 11.6. The molecule has 0 bridgehead atoms. The van der Waals surface area contributed by atoms with E-state index in [4.69, 9.17) is 16.2 Å². The molecule has 0 aliphatic rings. The van der Waals surface area contributed by atoms with E-state index < -0.39 is 23.9 Å². The largest absolute Gasteiger partial charge is 0.461 e. The lowest BCUT2D eigenvalue weighted by molar-refractivity contribution is -0.146. The van der Waals surface area contributed by atoms with Gasteiger partial charge in [0.15, 0.2) is 5.84 Å². The van der Waals surface area contributed by atoms with Gasteiger partial charge in [0.05, 0.1) is 12.5 Å². The fourth-order valence-electron chi connectivity index (χ4n) is 2.35. The number of carbonyl (C=O) groups excluding carboxylic acids is 3. The lowest BCUT2D eigenvalue weighted by Gasteiger charge is -2.12. The zero-order valence-corrected chi connectivity index (χ0v) is 17.8. The van der Waals surface area contributed by atoms with Crippen molar-refractivity contribution in [3.8, 4) is 0 Å². The second kappa shape index (κ2) is 13.0. The summed E-state index contributed by atoms with van der Waals surface area (Å²) in [4.78, 5) is 39.2. The smallest absolute Gasteiger partial charge is 0.332 e. The molecule has 0 radical (unpaired) electrons. The van der Waals surface area contributed by atoms with Crippen molar-refractivity contribution < 1.29 is 24.0 Å². The lowest BCUT2D eigenvalue weighted by Crippen LogP contribution is -2.41. The number of carbonyl (C=O) groups is 3. The van der Waals surface area contributed by atoms with Gasteiger partial charge in [0.1, 0.15) is 6.61 Å². The van der Waals surface area contributed by atoms with Gasteiger partial charge in [-0.1, -0.05) is 59.8 Å². The number of hydrogen-bond acceptors (Lipinski definition) is 7. The molecule has 1 amide bonds. The van der Waals surface area contributed by atoms with E-state index in [0.29, 0.717) is 5.56 Å². The number of hydrogen-bond donors (Lipinski definition) is 3. The van der Waals surface area contributed by atoms with Gasteiger partial charge in [-0.2, -0.15) is 0 Å². The Bertz CT molecular complexity index is 904. The molecule has 2 rings (SSSR count). The van der Waals surface area contributed by atoms with Crippen LogP contribution in [0.5, 0.6) is 0 Å². The topological polar surface area (TPSA) is 146 Å². The first-order chi connectivity index (χ1) is 14.3. The molecule has 166 valence electrons. The third kappa shape index (κ3) is 9.28. The average molecular weight is 449 g/mol. The molecule has 1 atom stereocenters. The summed E-state index contributed by atoms with van der Waals surface area (Å²) in [5, 5.41) is 6.16. The molecule has 0 aromatic heterocycles. The molecule has 1 unspecified atom stereocenters. The van der Waals surface area contributed by atoms with Crippen molar-refractivity contribution in [2.45, 2.75) is 32.5 Å². The molecule has 10 heteroatoms. The molecule has 31 heavy (non-hydrogen) atoms. The van der Waals surface area contributed by atoms with Crippen molar-refractivity contribution >= 4 is 36.1 Å². The number of rotatable bonds is 9. The van der Waals surface area contributed by atoms with Crippen molar-refractivity contribution in [1.29, 1.82) is 0 Å². The standard InChI is InChI=1S/C21H24N4O5.ClH/c1-14(26)30-25-20(23)17-9-7-15(8-10-17)12-24-21(28)18(22)11-19(27)29-13-16-5-3-2-4-6-16;/h2-10,18H,11-13,22H2,1H3,(H2,23,25)(H,24,28);1H. The molecule has 0 aliphatic heterocycles. The van der Waals surface area contributed by atoms with Gasteiger partial charge in [0.2, 0.25) is 5.91 Å². The number of benzene rings is 2. The Morgan fingerprint density at radius 3 is 2.29 bits per heavy atom. The predicted molar refractivity (Wildman–Crippen MR) is 117 cm³/mol. The minimum atomic E-state index is -1.01. The van der Waals surface area contributed by atoms with Gasteiger partial charge in [-0.3, -0.25) is 9.59 Å². The third-order valence-electron chi connectivity index (χ3n) is 3.95. The number of nitrogens with zero attached hydrogens (tertiary/aromatic N) is 1. The van der Waals surface area contributed by atoms with E-state index in [2.05, 4.69) is 15.3 Å². The summed E-state index contributed by atoms with van der Waals surface area (Å²) in [6.45, 7) is 1.56. The van der Waals surface area contributed by atoms with Crippen LogP contribution >= 0.6 is 12.4 Å². The summed E-state index contributed by atoms with van der Waals surface area (Å²) in [6, 6.07) is 15.0. The zero-order chi connectivity index (χ0) is 21.9. The Morgan fingerprint density at radius 1 is 1.03 bits per heavy atom. The minimum absolute atomic E-state index is 0. The van der Waals surface area contributed by atoms with Crippen LogP contribution in [0.25, 0.3) is 0 Å². The lowest BCUT2D eigenvalue weighted by atomic mass is 10.1. The summed E-state index contributed by atoms with van der Waals surface area (Å²) in [6.07, 6.45) is -0.221. The van der Waals surface area contributed by atoms with Crippen LogP contribution in [0.4, 0.5) is 0 Å². The number of amidine groups is 1. The number of nitrogens with two attached hydrogens (primary N) is 2. The van der Waals surface area contributed by atoms with Crippen molar-refractivity contribution in [2.75, 3.05) is 0 Å². The molecule has 0 heterocycles. The van der Waals surface area contributed by atoms with Crippen LogP contribution < -0.4 is 16.8 Å². The van der Waals surface area contributed by atoms with Gasteiger partial charge in [0, 0.05) is 19.0 Å². The Labute approximate surface area is 186 Å². The molecule has 0 saturated carbocycles. The van der Waals surface area contributed by atoms with Gasteiger partial charge in [-0.05, 0) is 11.1 Å². The second-order valence-corrected chi connectivity index (χ2v) is 6.43. The van der Waals surface area contributed by atoms with E-state index >= 15 is 0 Å². The first-order valence-corrected chi connectivity index (χ1v) is 9.18. The van der Waals surface area contributed by atoms with Crippen LogP contribution in [0, 0.1) is 0 Å². The van der Waals surface area contributed by atoms with E-state index in [0.717, 1.165) is 11.1 Å². The maximum Gasteiger partial charge on any atom is 0.332 e. The number of amides is 1. The highest BCUT2D eigenvalue weighted by molar-refractivity contribution is 5.97. The monoisotopic (exact) mass is 448 g/mol. The van der Waals surface area contributed by atoms with Crippen LogP contribution in [0.1, 0.15) is 30.0 Å². The molecule has 5 N–H and O–H groups in total. The SMILES string of the molecule is CC(=O)O/N=C(\N)c1ccc(CNC(=O)C(N)CC(=O)OCc2ccccc2)cc1.Cl. The molecule has 0 saturated heterocycles. The van der Waals surface area contributed by atoms with E-state index in [1.54, 1.807) is 24.3 Å². The van der Waals surface area contributed by atoms with Gasteiger partial charge in [0.25, 0.3) is 0 Å². The van der Waals surface area contributed by atoms with Crippen LogP contribution in [-0.2, 0) is 37.1 Å². The second-order valence-electron chi connectivity index (χ2n) is 6.43. The Balaban J connectivity index is 0.00000480. The quantitative estimate of drug-likeness (QED) is 0.172. The molecular weight excluding hydrogens is 424 g/mol. The number of ether oxygens (including phenoxy) is 1. The van der Waals surface area contributed by atoms with E-state index in [9.17, 15) is 14.4 Å². The molecule has 0 fully saturated rings. The highest BCUT2D eigenvalue weighted by Crippen LogP contribution is 2.06. The maximum absolute atomic E-state index is 12.1. The molecule has 2 aromatic rings. The Kier molecular flexibility index (Phi) is 10.7.